The van der Waals surface area contributed by atoms with E-state index < -0.39 is 0 Å². The van der Waals surface area contributed by atoms with Crippen molar-refractivity contribution in [2.75, 3.05) is 27.2 Å². The number of likely N-dealkylation sites (tertiary alicyclic amines) is 1. The molecule has 6 nitrogen and oxygen atoms in total. The smallest absolute Gasteiger partial charge is 0.305 e. The number of nitrogens with one attached hydrogen (secondary N) is 2. The average molecular weight is 361 g/mol. The Morgan fingerprint density at radius 1 is 1.31 bits per heavy atom. The molecule has 0 radical (unpaired) electrons. The largest absolute Gasteiger partial charge is 0.469 e. The number of esters is 1. The van der Waals surface area contributed by atoms with Crippen LogP contribution in [0.3, 0.4) is 0 Å². The molecule has 0 saturated carbocycles. The molecule has 2 atom stereocenters. The third-order valence-electron chi connectivity index (χ3n) is 4.82. The van der Waals surface area contributed by atoms with E-state index in [1.807, 2.05) is 0 Å². The predicted octanol–water partition coefficient (Wildman–Crippen LogP) is 2.16. The Morgan fingerprint density at radius 2 is 2.08 bits per heavy atom. The summed E-state index contributed by atoms with van der Waals surface area (Å²) in [6, 6.07) is 11.6. The van der Waals surface area contributed by atoms with Gasteiger partial charge in [-0.15, -0.1) is 0 Å². The van der Waals surface area contributed by atoms with E-state index in [1.165, 1.54) is 12.7 Å². The first-order chi connectivity index (χ1) is 12.6. The van der Waals surface area contributed by atoms with Crippen molar-refractivity contribution in [3.05, 3.63) is 35.9 Å². The van der Waals surface area contributed by atoms with Crippen LogP contribution >= 0.6 is 0 Å². The van der Waals surface area contributed by atoms with E-state index in [-0.39, 0.29) is 5.97 Å². The van der Waals surface area contributed by atoms with Gasteiger partial charge in [-0.3, -0.25) is 14.7 Å². The third-order valence-corrected chi connectivity index (χ3v) is 4.82. The van der Waals surface area contributed by atoms with E-state index in [0.29, 0.717) is 18.5 Å². The Bertz CT molecular complexity index is 576. The molecule has 1 aliphatic heterocycles. The summed E-state index contributed by atoms with van der Waals surface area (Å²) in [6.45, 7) is 5.08. The van der Waals surface area contributed by atoms with Gasteiger partial charge in [-0.2, -0.15) is 0 Å². The van der Waals surface area contributed by atoms with E-state index >= 15 is 0 Å². The quantitative estimate of drug-likeness (QED) is 0.322. The first-order valence-electron chi connectivity index (χ1n) is 9.44. The van der Waals surface area contributed by atoms with Crippen LogP contribution in [-0.4, -0.2) is 56.2 Å². The first kappa shape index (κ1) is 20.2. The van der Waals surface area contributed by atoms with Crippen LogP contribution < -0.4 is 10.6 Å². The maximum Gasteiger partial charge on any atom is 0.305 e. The van der Waals surface area contributed by atoms with Crippen LogP contribution in [0, 0.1) is 0 Å². The summed E-state index contributed by atoms with van der Waals surface area (Å²) in [6.07, 6.45) is 3.31. The number of carbonyl (C=O) groups excluding carboxylic acids is 1. The van der Waals surface area contributed by atoms with Crippen LogP contribution in [0.15, 0.2) is 35.3 Å². The van der Waals surface area contributed by atoms with Crippen molar-refractivity contribution in [2.24, 2.45) is 4.99 Å². The lowest BCUT2D eigenvalue weighted by Gasteiger charge is -2.21. The number of hydrogen-bond donors (Lipinski definition) is 2. The summed E-state index contributed by atoms with van der Waals surface area (Å²) in [5.41, 5.74) is 1.35. The molecule has 1 heterocycles. The summed E-state index contributed by atoms with van der Waals surface area (Å²) in [4.78, 5) is 17.9. The average Bonchev–Trinajstić information content (AvgIpc) is 3.00. The topological polar surface area (TPSA) is 66.0 Å². The van der Waals surface area contributed by atoms with Crippen LogP contribution in [-0.2, 0) is 16.1 Å². The molecule has 26 heavy (non-hydrogen) atoms. The molecule has 6 heteroatoms. The number of hydrogen-bond acceptors (Lipinski definition) is 4. The molecule has 1 fully saturated rings. The number of ether oxygens (including phenoxy) is 1. The minimum Gasteiger partial charge on any atom is -0.469 e. The number of benzene rings is 1. The summed E-state index contributed by atoms with van der Waals surface area (Å²) in [7, 11) is 3.22. The lowest BCUT2D eigenvalue weighted by Crippen LogP contribution is -2.44. The number of guanidine groups is 1. The van der Waals surface area contributed by atoms with E-state index in [2.05, 4.69) is 62.5 Å². The van der Waals surface area contributed by atoms with Gasteiger partial charge in [0.05, 0.1) is 7.11 Å². The lowest BCUT2D eigenvalue weighted by atomic mass is 10.2. The summed E-state index contributed by atoms with van der Waals surface area (Å²) >= 11 is 0. The number of rotatable bonds is 8. The molecule has 144 valence electrons. The fraction of sp³-hybridized carbons (Fsp3) is 0.600. The first-order valence-corrected chi connectivity index (χ1v) is 9.44. The normalized spacial score (nSPS) is 20.8. The monoisotopic (exact) mass is 360 g/mol. The van der Waals surface area contributed by atoms with E-state index in [1.54, 1.807) is 7.05 Å². The molecule has 1 saturated heterocycles. The van der Waals surface area contributed by atoms with Crippen molar-refractivity contribution in [1.29, 1.82) is 0 Å². The maximum absolute atomic E-state index is 11.1. The highest BCUT2D eigenvalue weighted by Crippen LogP contribution is 2.20. The minimum atomic E-state index is -0.147. The number of nitrogens with zero attached hydrogens (tertiary/aromatic N) is 2. The summed E-state index contributed by atoms with van der Waals surface area (Å²) in [5.74, 6) is 0.688. The SMILES string of the molecule is CN=C(NCCCCC(=O)OC)NC1CC(C)N(Cc2ccccc2)C1. The number of carbonyl (C=O) groups is 1. The van der Waals surface area contributed by atoms with Gasteiger partial charge in [-0.05, 0) is 31.7 Å². The molecule has 0 amide bonds. The Hall–Kier alpha value is -2.08. The maximum atomic E-state index is 11.1. The Kier molecular flexibility index (Phi) is 8.41. The number of unbranched alkanes of at least 4 members (excludes halogenated alkanes) is 1. The Morgan fingerprint density at radius 3 is 2.77 bits per heavy atom. The Labute approximate surface area is 157 Å². The van der Waals surface area contributed by atoms with Crippen molar-refractivity contribution in [3.8, 4) is 0 Å². The van der Waals surface area contributed by atoms with Gasteiger partial charge in [0.15, 0.2) is 5.96 Å². The second kappa shape index (κ2) is 10.8. The van der Waals surface area contributed by atoms with Crippen molar-refractivity contribution in [3.63, 3.8) is 0 Å². The molecule has 1 aliphatic rings. The molecule has 2 unspecified atom stereocenters. The van der Waals surface area contributed by atoms with Crippen molar-refractivity contribution in [2.45, 2.75) is 51.2 Å². The molecule has 0 aliphatic carbocycles. The molecule has 0 bridgehead atoms. The highest BCUT2D eigenvalue weighted by atomic mass is 16.5. The zero-order valence-electron chi connectivity index (χ0n) is 16.2. The molecule has 1 aromatic rings. The van der Waals surface area contributed by atoms with Crippen molar-refractivity contribution in [1.82, 2.24) is 15.5 Å². The molecule has 2 rings (SSSR count). The number of aliphatic imine (C=N–C) groups is 1. The minimum absolute atomic E-state index is 0.147. The second-order valence-electron chi connectivity index (χ2n) is 6.87. The van der Waals surface area contributed by atoms with Crippen LogP contribution in [0.25, 0.3) is 0 Å². The highest BCUT2D eigenvalue weighted by molar-refractivity contribution is 5.80. The van der Waals surface area contributed by atoms with Gasteiger partial charge in [0.25, 0.3) is 0 Å². The third kappa shape index (κ3) is 6.67. The fourth-order valence-corrected chi connectivity index (χ4v) is 3.33. The second-order valence-corrected chi connectivity index (χ2v) is 6.87. The molecule has 1 aromatic carbocycles. The van der Waals surface area contributed by atoms with E-state index in [4.69, 9.17) is 0 Å². The van der Waals surface area contributed by atoms with Gasteiger partial charge in [0.2, 0.25) is 0 Å². The number of methoxy groups -OCH3 is 1. The lowest BCUT2D eigenvalue weighted by molar-refractivity contribution is -0.140. The van der Waals surface area contributed by atoms with Crippen molar-refractivity contribution < 1.29 is 9.53 Å². The van der Waals surface area contributed by atoms with Gasteiger partial charge in [-0.1, -0.05) is 30.3 Å². The Balaban J connectivity index is 1.70. The summed E-state index contributed by atoms with van der Waals surface area (Å²) in [5, 5.41) is 6.86. The van der Waals surface area contributed by atoms with E-state index in [0.717, 1.165) is 44.9 Å². The molecule has 0 aromatic heterocycles. The summed E-state index contributed by atoms with van der Waals surface area (Å²) < 4.78 is 4.65. The predicted molar refractivity (Wildman–Crippen MR) is 105 cm³/mol. The zero-order valence-corrected chi connectivity index (χ0v) is 16.2. The van der Waals surface area contributed by atoms with Crippen LogP contribution in [0.2, 0.25) is 0 Å². The fourth-order valence-electron chi connectivity index (χ4n) is 3.33. The van der Waals surface area contributed by atoms with Gasteiger partial charge in [0, 0.05) is 45.2 Å². The van der Waals surface area contributed by atoms with Gasteiger partial charge >= 0.3 is 5.97 Å². The van der Waals surface area contributed by atoms with Gasteiger partial charge in [0.1, 0.15) is 0 Å². The highest BCUT2D eigenvalue weighted by Gasteiger charge is 2.29. The standard InChI is InChI=1S/C20H32N4O2/c1-16-13-18(15-24(16)14-17-9-5-4-6-10-17)23-20(21-2)22-12-8-7-11-19(25)26-3/h4-6,9-10,16,18H,7-8,11-15H2,1-3H3,(H2,21,22,23). The van der Waals surface area contributed by atoms with Crippen LogP contribution in [0.1, 0.15) is 38.2 Å². The molecule has 2 N–H and O–H groups in total. The van der Waals surface area contributed by atoms with Gasteiger partial charge < -0.3 is 15.4 Å². The zero-order chi connectivity index (χ0) is 18.8. The van der Waals surface area contributed by atoms with Crippen LogP contribution in [0.5, 0.6) is 0 Å². The van der Waals surface area contributed by atoms with Gasteiger partial charge in [-0.25, -0.2) is 0 Å². The molecular formula is C20H32N4O2. The van der Waals surface area contributed by atoms with Crippen LogP contribution in [0.4, 0.5) is 0 Å². The van der Waals surface area contributed by atoms with E-state index in [9.17, 15) is 4.79 Å². The molecule has 0 spiro atoms. The molecular weight excluding hydrogens is 328 g/mol. The van der Waals surface area contributed by atoms with Crippen molar-refractivity contribution >= 4 is 11.9 Å².